The zero-order valence-electron chi connectivity index (χ0n) is 17.1. The van der Waals surface area contributed by atoms with Crippen LogP contribution < -0.4 is 5.32 Å². The Morgan fingerprint density at radius 3 is 2.68 bits per heavy atom. The van der Waals surface area contributed by atoms with Gasteiger partial charge < -0.3 is 15.2 Å². The average Bonchev–Trinajstić information content (AvgIpc) is 3.24. The molecule has 0 aliphatic carbocycles. The predicted octanol–water partition coefficient (Wildman–Crippen LogP) is 4.68. The Morgan fingerprint density at radius 1 is 1.03 bits per heavy atom. The number of nitrogens with zero attached hydrogens (tertiary/aromatic N) is 3. The molecule has 0 bridgehead atoms. The third-order valence-corrected chi connectivity index (χ3v) is 6.66. The number of hydrogen-bond donors (Lipinski definition) is 2. The second kappa shape index (κ2) is 9.01. The maximum absolute atomic E-state index is 9.71. The van der Waals surface area contributed by atoms with Gasteiger partial charge in [0, 0.05) is 36.3 Å². The van der Waals surface area contributed by atoms with Crippen molar-refractivity contribution in [3.05, 3.63) is 66.5 Å². The van der Waals surface area contributed by atoms with Crippen molar-refractivity contribution >= 4 is 33.1 Å². The van der Waals surface area contributed by atoms with Crippen molar-refractivity contribution in [2.24, 2.45) is 0 Å². The molecule has 2 aromatic carbocycles. The molecule has 4 aromatic rings. The summed E-state index contributed by atoms with van der Waals surface area (Å²) in [6.45, 7) is 4.82. The standard InChI is InChI=1S/C24H24N4O2S/c29-20-3-1-2-19(14-20)27-24-23-21(25-16-26-24)15-22(31-23)18-6-4-17(5-7-18)8-9-28-10-12-30-13-11-28/h1-7,14-16,29H,8-13H2,(H,25,26,27). The number of anilines is 2. The molecular formula is C24H24N4O2S. The quantitative estimate of drug-likeness (QED) is 0.461. The van der Waals surface area contributed by atoms with Crippen molar-refractivity contribution in [3.8, 4) is 16.2 Å². The summed E-state index contributed by atoms with van der Waals surface area (Å²) in [5.41, 5.74) is 4.23. The summed E-state index contributed by atoms with van der Waals surface area (Å²) in [5, 5.41) is 13.0. The van der Waals surface area contributed by atoms with Gasteiger partial charge in [0.15, 0.2) is 5.82 Å². The highest BCUT2D eigenvalue weighted by molar-refractivity contribution is 7.22. The highest BCUT2D eigenvalue weighted by atomic mass is 32.1. The first-order valence-corrected chi connectivity index (χ1v) is 11.3. The van der Waals surface area contributed by atoms with E-state index in [4.69, 9.17) is 4.74 Å². The lowest BCUT2D eigenvalue weighted by atomic mass is 10.1. The summed E-state index contributed by atoms with van der Waals surface area (Å²) < 4.78 is 6.42. The van der Waals surface area contributed by atoms with Gasteiger partial charge in [0.25, 0.3) is 0 Å². The Balaban J connectivity index is 1.33. The molecule has 1 saturated heterocycles. The number of phenols is 1. The number of morpholine rings is 1. The fraction of sp³-hybridized carbons (Fsp3) is 0.250. The molecule has 2 aromatic heterocycles. The van der Waals surface area contributed by atoms with E-state index in [1.54, 1.807) is 35.9 Å². The Labute approximate surface area is 185 Å². The molecule has 2 N–H and O–H groups in total. The number of fused-ring (bicyclic) bond motifs is 1. The summed E-state index contributed by atoms with van der Waals surface area (Å²) in [6.07, 6.45) is 2.62. The first-order chi connectivity index (χ1) is 15.2. The molecule has 0 radical (unpaired) electrons. The van der Waals surface area contributed by atoms with Gasteiger partial charge in [-0.2, -0.15) is 0 Å². The van der Waals surface area contributed by atoms with E-state index in [9.17, 15) is 5.11 Å². The van der Waals surface area contributed by atoms with Crippen LogP contribution in [0.3, 0.4) is 0 Å². The lowest BCUT2D eigenvalue weighted by Crippen LogP contribution is -2.37. The smallest absolute Gasteiger partial charge is 0.151 e. The van der Waals surface area contributed by atoms with Crippen LogP contribution in [0.5, 0.6) is 5.75 Å². The fourth-order valence-corrected chi connectivity index (χ4v) is 4.81. The molecule has 1 aliphatic heterocycles. The molecule has 7 heteroatoms. The summed E-state index contributed by atoms with van der Waals surface area (Å²) in [6, 6.07) is 18.0. The number of aromatic hydroxyl groups is 1. The zero-order chi connectivity index (χ0) is 21.0. The molecule has 6 nitrogen and oxygen atoms in total. The fourth-order valence-electron chi connectivity index (χ4n) is 3.75. The molecule has 31 heavy (non-hydrogen) atoms. The molecule has 3 heterocycles. The Bertz CT molecular complexity index is 1170. The van der Waals surface area contributed by atoms with E-state index in [1.165, 1.54) is 11.1 Å². The van der Waals surface area contributed by atoms with Crippen LogP contribution in [0.15, 0.2) is 60.9 Å². The third-order valence-electron chi connectivity index (χ3n) is 5.48. The zero-order valence-corrected chi connectivity index (χ0v) is 17.9. The molecular weight excluding hydrogens is 408 g/mol. The number of benzene rings is 2. The molecule has 0 saturated carbocycles. The van der Waals surface area contributed by atoms with Crippen LogP contribution in [0.1, 0.15) is 5.56 Å². The molecule has 0 atom stereocenters. The van der Waals surface area contributed by atoms with Crippen molar-refractivity contribution in [1.29, 1.82) is 0 Å². The van der Waals surface area contributed by atoms with Crippen molar-refractivity contribution < 1.29 is 9.84 Å². The van der Waals surface area contributed by atoms with Crippen LogP contribution in [0.2, 0.25) is 0 Å². The van der Waals surface area contributed by atoms with E-state index >= 15 is 0 Å². The lowest BCUT2D eigenvalue weighted by molar-refractivity contribution is 0.0384. The molecule has 0 unspecified atom stereocenters. The van der Waals surface area contributed by atoms with Crippen LogP contribution in [-0.4, -0.2) is 52.8 Å². The van der Waals surface area contributed by atoms with Gasteiger partial charge >= 0.3 is 0 Å². The van der Waals surface area contributed by atoms with E-state index in [1.807, 2.05) is 6.07 Å². The van der Waals surface area contributed by atoms with Crippen molar-refractivity contribution in [2.45, 2.75) is 6.42 Å². The highest BCUT2D eigenvalue weighted by Gasteiger charge is 2.12. The van der Waals surface area contributed by atoms with Gasteiger partial charge in [0.2, 0.25) is 0 Å². The van der Waals surface area contributed by atoms with Crippen molar-refractivity contribution in [1.82, 2.24) is 14.9 Å². The van der Waals surface area contributed by atoms with Gasteiger partial charge in [-0.05, 0) is 35.7 Å². The van der Waals surface area contributed by atoms with Gasteiger partial charge in [-0.3, -0.25) is 4.90 Å². The van der Waals surface area contributed by atoms with Gasteiger partial charge in [0.1, 0.15) is 12.1 Å². The first-order valence-electron chi connectivity index (χ1n) is 10.4. The number of nitrogens with one attached hydrogen (secondary N) is 1. The minimum absolute atomic E-state index is 0.218. The van der Waals surface area contributed by atoms with Gasteiger partial charge in [0.05, 0.1) is 23.4 Å². The van der Waals surface area contributed by atoms with Gasteiger partial charge in [-0.1, -0.05) is 30.3 Å². The summed E-state index contributed by atoms with van der Waals surface area (Å²) in [5.74, 6) is 0.963. The van der Waals surface area contributed by atoms with Gasteiger partial charge in [-0.15, -0.1) is 11.3 Å². The molecule has 0 amide bonds. The van der Waals surface area contributed by atoms with E-state index < -0.39 is 0 Å². The lowest BCUT2D eigenvalue weighted by Gasteiger charge is -2.26. The summed E-state index contributed by atoms with van der Waals surface area (Å²) >= 11 is 1.67. The Kier molecular flexibility index (Phi) is 5.80. The largest absolute Gasteiger partial charge is 0.508 e. The van der Waals surface area contributed by atoms with Crippen molar-refractivity contribution in [3.63, 3.8) is 0 Å². The Morgan fingerprint density at radius 2 is 1.87 bits per heavy atom. The average molecular weight is 433 g/mol. The summed E-state index contributed by atoms with van der Waals surface area (Å²) in [7, 11) is 0. The molecule has 158 valence electrons. The van der Waals surface area contributed by atoms with Crippen molar-refractivity contribution in [2.75, 3.05) is 38.2 Å². The van der Waals surface area contributed by atoms with Crippen LogP contribution in [0.25, 0.3) is 20.7 Å². The number of aromatic nitrogens is 2. The molecule has 1 fully saturated rings. The maximum atomic E-state index is 9.71. The van der Waals surface area contributed by atoms with Crippen LogP contribution in [0.4, 0.5) is 11.5 Å². The maximum Gasteiger partial charge on any atom is 0.151 e. The third kappa shape index (κ3) is 4.69. The number of phenolic OH excluding ortho intramolecular Hbond substituents is 1. The van der Waals surface area contributed by atoms with E-state index in [-0.39, 0.29) is 5.75 Å². The molecule has 0 spiro atoms. The Hall–Kier alpha value is -3.00. The second-order valence-electron chi connectivity index (χ2n) is 7.62. The molecule has 5 rings (SSSR count). The normalized spacial score (nSPS) is 14.7. The number of hydrogen-bond acceptors (Lipinski definition) is 7. The van der Waals surface area contributed by atoms with E-state index in [0.29, 0.717) is 0 Å². The number of thiophene rings is 1. The predicted molar refractivity (Wildman–Crippen MR) is 125 cm³/mol. The van der Waals surface area contributed by atoms with E-state index in [2.05, 4.69) is 50.5 Å². The van der Waals surface area contributed by atoms with Gasteiger partial charge in [-0.25, -0.2) is 9.97 Å². The number of ether oxygens (including phenoxy) is 1. The monoisotopic (exact) mass is 432 g/mol. The highest BCUT2D eigenvalue weighted by Crippen LogP contribution is 2.36. The number of rotatable bonds is 6. The second-order valence-corrected chi connectivity index (χ2v) is 8.68. The van der Waals surface area contributed by atoms with E-state index in [0.717, 1.165) is 65.9 Å². The SMILES string of the molecule is Oc1cccc(Nc2ncnc3cc(-c4ccc(CCN5CCOCC5)cc4)sc23)c1. The topological polar surface area (TPSA) is 70.5 Å². The minimum Gasteiger partial charge on any atom is -0.508 e. The van der Waals surface area contributed by atoms with Crippen LogP contribution in [-0.2, 0) is 11.2 Å². The minimum atomic E-state index is 0.218. The molecule has 1 aliphatic rings. The first kappa shape index (κ1) is 19.9. The van der Waals surface area contributed by atoms with Crippen LogP contribution in [0, 0.1) is 0 Å². The summed E-state index contributed by atoms with van der Waals surface area (Å²) in [4.78, 5) is 12.5. The van der Waals surface area contributed by atoms with Crippen LogP contribution >= 0.6 is 11.3 Å².